The Hall–Kier alpha value is -3.76. The minimum Gasteiger partial charge on any atom is -0.465 e. The normalized spacial score (nSPS) is 12.9. The summed E-state index contributed by atoms with van der Waals surface area (Å²) in [6, 6.07) is 18.3. The third kappa shape index (κ3) is 20.5. The number of amides is 3. The van der Waals surface area contributed by atoms with E-state index >= 15 is 0 Å². The van der Waals surface area contributed by atoms with Crippen molar-refractivity contribution in [2.24, 2.45) is 0 Å². The fraction of sp³-hybridized carbons (Fsp3) is 0.579. The van der Waals surface area contributed by atoms with E-state index in [9.17, 15) is 24.3 Å². The number of imide groups is 1. The van der Waals surface area contributed by atoms with Crippen molar-refractivity contribution in [2.75, 3.05) is 6.54 Å². The molecule has 0 aliphatic carbocycles. The maximum absolute atomic E-state index is 12.5. The van der Waals surface area contributed by atoms with Gasteiger partial charge in [0, 0.05) is 0 Å². The molecule has 0 radical (unpaired) electrons. The molecule has 48 heavy (non-hydrogen) atoms. The van der Waals surface area contributed by atoms with Crippen LogP contribution in [0.25, 0.3) is 0 Å². The third-order valence-electron chi connectivity index (χ3n) is 8.57. The van der Waals surface area contributed by atoms with E-state index in [0.29, 0.717) is 6.42 Å². The number of carboxylic acid groups (broad SMARTS) is 2. The molecule has 2 rings (SSSR count). The summed E-state index contributed by atoms with van der Waals surface area (Å²) < 4.78 is 0. The van der Waals surface area contributed by atoms with Gasteiger partial charge in [0.15, 0.2) is 0 Å². The van der Waals surface area contributed by atoms with Crippen LogP contribution in [0.3, 0.4) is 0 Å². The molecule has 2 unspecified atom stereocenters. The zero-order chi connectivity index (χ0) is 34.7. The quantitative estimate of drug-likeness (QED) is 0.0316. The minimum atomic E-state index is -1.44. The van der Waals surface area contributed by atoms with Gasteiger partial charge in [-0.15, -0.1) is 0 Å². The number of benzene rings is 2. The first kappa shape index (κ1) is 40.4. The zero-order valence-corrected chi connectivity index (χ0v) is 28.5. The highest BCUT2D eigenvalue weighted by atomic mass is 16.4. The fourth-order valence-corrected chi connectivity index (χ4v) is 5.95. The second-order valence-electron chi connectivity index (χ2n) is 12.7. The summed E-state index contributed by atoms with van der Waals surface area (Å²) in [6.45, 7) is 0.891. The van der Waals surface area contributed by atoms with Crippen LogP contribution >= 0.6 is 0 Å². The molecule has 10 nitrogen and oxygen atoms in total. The van der Waals surface area contributed by atoms with Gasteiger partial charge in [0.25, 0.3) is 0 Å². The molecule has 3 amide bonds. The van der Waals surface area contributed by atoms with Crippen molar-refractivity contribution in [3.05, 3.63) is 71.8 Å². The summed E-state index contributed by atoms with van der Waals surface area (Å²) in [6.07, 6.45) is 16.9. The van der Waals surface area contributed by atoms with E-state index in [4.69, 9.17) is 5.11 Å². The van der Waals surface area contributed by atoms with E-state index in [1.807, 2.05) is 53.8 Å². The number of aldehydes is 1. The molecule has 0 fully saturated rings. The van der Waals surface area contributed by atoms with Crippen molar-refractivity contribution in [1.29, 1.82) is 0 Å². The molecular weight excluding hydrogens is 608 g/mol. The minimum absolute atomic E-state index is 0.106. The van der Waals surface area contributed by atoms with Crippen molar-refractivity contribution in [1.82, 2.24) is 21.3 Å². The van der Waals surface area contributed by atoms with Crippen LogP contribution in [-0.2, 0) is 22.4 Å². The average Bonchev–Trinajstić information content (AvgIpc) is 3.07. The van der Waals surface area contributed by atoms with E-state index < -0.39 is 30.3 Å². The lowest BCUT2D eigenvalue weighted by molar-refractivity contribution is -0.122. The van der Waals surface area contributed by atoms with Gasteiger partial charge >= 0.3 is 12.2 Å². The van der Waals surface area contributed by atoms with Crippen LogP contribution < -0.4 is 21.3 Å². The Labute approximate surface area is 286 Å². The van der Waals surface area contributed by atoms with Gasteiger partial charge in [0.1, 0.15) is 6.29 Å². The molecule has 2 aromatic rings. The van der Waals surface area contributed by atoms with Gasteiger partial charge < -0.3 is 25.6 Å². The van der Waals surface area contributed by atoms with Crippen LogP contribution in [0.2, 0.25) is 0 Å². The highest BCUT2D eigenvalue weighted by molar-refractivity contribution is 5.94. The van der Waals surface area contributed by atoms with Gasteiger partial charge in [-0.2, -0.15) is 0 Å². The first-order chi connectivity index (χ1) is 23.4. The van der Waals surface area contributed by atoms with E-state index in [2.05, 4.69) is 28.1 Å². The largest absolute Gasteiger partial charge is 0.465 e. The van der Waals surface area contributed by atoms with Crippen LogP contribution in [0.15, 0.2) is 60.7 Å². The van der Waals surface area contributed by atoms with Crippen molar-refractivity contribution >= 4 is 24.4 Å². The molecule has 0 aromatic heterocycles. The second-order valence-corrected chi connectivity index (χ2v) is 12.7. The Kier molecular flexibility index (Phi) is 22.1. The molecular formula is C38H58N4O6. The Morgan fingerprint density at radius 2 is 1.06 bits per heavy atom. The Morgan fingerprint density at radius 3 is 1.52 bits per heavy atom. The molecule has 0 saturated carbocycles. The van der Waals surface area contributed by atoms with Crippen LogP contribution in [0.4, 0.5) is 9.59 Å². The lowest BCUT2D eigenvalue weighted by Gasteiger charge is -2.25. The molecule has 0 spiro atoms. The summed E-state index contributed by atoms with van der Waals surface area (Å²) in [5.74, 6) is -0.715. The highest BCUT2D eigenvalue weighted by Gasteiger charge is 2.24. The Morgan fingerprint density at radius 1 is 0.604 bits per heavy atom. The van der Waals surface area contributed by atoms with E-state index in [1.54, 1.807) is 0 Å². The molecule has 10 heteroatoms. The molecule has 0 aliphatic rings. The molecule has 2 aromatic carbocycles. The first-order valence-corrected chi connectivity index (χ1v) is 17.9. The molecule has 0 bridgehead atoms. The summed E-state index contributed by atoms with van der Waals surface area (Å²) in [4.78, 5) is 46.4. The lowest BCUT2D eigenvalue weighted by Crippen LogP contribution is -2.55. The lowest BCUT2D eigenvalue weighted by atomic mass is 10.0. The SMILES string of the molecule is O=CC(Cc1ccccc1)NCCCCCCCCCCCCCCCCCC(NC(=O)O)N[C@@H](Cc1ccccc1)C(=O)NC(=O)O. The van der Waals surface area contributed by atoms with Crippen molar-refractivity contribution in [3.63, 3.8) is 0 Å². The molecule has 6 N–H and O–H groups in total. The smallest absolute Gasteiger partial charge is 0.411 e. The number of hydrogen-bond acceptors (Lipinski definition) is 6. The number of hydrogen-bond donors (Lipinski definition) is 6. The van der Waals surface area contributed by atoms with Crippen molar-refractivity contribution in [3.8, 4) is 0 Å². The van der Waals surface area contributed by atoms with Gasteiger partial charge in [-0.25, -0.2) is 9.59 Å². The van der Waals surface area contributed by atoms with Crippen LogP contribution in [0.5, 0.6) is 0 Å². The van der Waals surface area contributed by atoms with Gasteiger partial charge in [-0.1, -0.05) is 151 Å². The average molecular weight is 667 g/mol. The molecule has 3 atom stereocenters. The summed E-state index contributed by atoms with van der Waals surface area (Å²) in [5, 5.41) is 29.1. The van der Waals surface area contributed by atoms with Gasteiger partial charge in [-0.3, -0.25) is 15.4 Å². The maximum Gasteiger partial charge on any atom is 0.411 e. The van der Waals surface area contributed by atoms with Crippen LogP contribution in [0, 0.1) is 0 Å². The predicted molar refractivity (Wildman–Crippen MR) is 190 cm³/mol. The van der Waals surface area contributed by atoms with E-state index in [0.717, 1.165) is 56.9 Å². The summed E-state index contributed by atoms with van der Waals surface area (Å²) in [7, 11) is 0. The molecule has 0 saturated heterocycles. The first-order valence-electron chi connectivity index (χ1n) is 17.9. The molecule has 0 aliphatic heterocycles. The molecule has 0 heterocycles. The predicted octanol–water partition coefficient (Wildman–Crippen LogP) is 7.22. The zero-order valence-electron chi connectivity index (χ0n) is 28.5. The summed E-state index contributed by atoms with van der Waals surface area (Å²) >= 11 is 0. The van der Waals surface area contributed by atoms with E-state index in [1.165, 1.54) is 69.8 Å². The number of nitrogens with one attached hydrogen (secondary N) is 4. The molecule has 266 valence electrons. The van der Waals surface area contributed by atoms with Crippen LogP contribution in [-0.4, -0.2) is 59.4 Å². The van der Waals surface area contributed by atoms with Gasteiger partial charge in [0.05, 0.1) is 18.2 Å². The highest BCUT2D eigenvalue weighted by Crippen LogP contribution is 2.15. The Bertz CT molecular complexity index is 1150. The second kappa shape index (κ2) is 26.2. The van der Waals surface area contributed by atoms with E-state index in [-0.39, 0.29) is 12.5 Å². The van der Waals surface area contributed by atoms with Crippen LogP contribution in [0.1, 0.15) is 114 Å². The number of unbranched alkanes of at least 4 members (excludes halogenated alkanes) is 14. The van der Waals surface area contributed by atoms with Crippen molar-refractivity contribution in [2.45, 2.75) is 134 Å². The fourth-order valence-electron chi connectivity index (χ4n) is 5.95. The summed E-state index contributed by atoms with van der Waals surface area (Å²) in [5.41, 5.74) is 2.02. The van der Waals surface area contributed by atoms with Gasteiger partial charge in [-0.05, 0) is 43.4 Å². The monoisotopic (exact) mass is 666 g/mol. The number of rotatable bonds is 28. The topological polar surface area (TPSA) is 157 Å². The standard InChI is InChI=1S/C38H58N4O6/c43-30-33(28-31-22-16-14-17-23-31)39-27-21-13-11-9-7-5-3-1-2-4-6-8-10-12-20-26-35(41-37(45)46)40-34(36(44)42-38(47)48)29-32-24-18-15-19-25-32/h14-19,22-25,30,33-35,39-41H,1-13,20-21,26-29H2,(H,42,44)(H,45,46)(H,47,48)/t33?,34-,35?/m0/s1. The number of carbonyl (C=O) groups is 4. The number of carbonyl (C=O) groups excluding carboxylic acids is 2. The van der Waals surface area contributed by atoms with Gasteiger partial charge in [0.2, 0.25) is 5.91 Å². The Balaban J connectivity index is 1.46. The third-order valence-corrected chi connectivity index (χ3v) is 8.57. The maximum atomic E-state index is 12.5. The van der Waals surface area contributed by atoms with Crippen molar-refractivity contribution < 1.29 is 29.4 Å².